The maximum atomic E-state index is 11.6. The van der Waals surface area contributed by atoms with Crippen LogP contribution < -0.4 is 5.32 Å². The molecule has 100 valence electrons. The Kier molecular flexibility index (Phi) is 7.25. The van der Waals surface area contributed by atoms with E-state index in [-0.39, 0.29) is 11.8 Å². The van der Waals surface area contributed by atoms with Crippen molar-refractivity contribution in [3.05, 3.63) is 0 Å². The number of rotatable bonds is 9. The van der Waals surface area contributed by atoms with E-state index in [1.165, 1.54) is 38.5 Å². The molecule has 0 saturated carbocycles. The van der Waals surface area contributed by atoms with E-state index in [4.69, 9.17) is 0 Å². The van der Waals surface area contributed by atoms with E-state index in [0.717, 1.165) is 26.1 Å². The summed E-state index contributed by atoms with van der Waals surface area (Å²) in [5, 5.41) is 3.04. The lowest BCUT2D eigenvalue weighted by molar-refractivity contribution is -0.129. The molecule has 0 aromatic heterocycles. The predicted molar refractivity (Wildman–Crippen MR) is 72.0 cm³/mol. The zero-order chi connectivity index (χ0) is 12.5. The first-order valence-corrected chi connectivity index (χ1v) is 7.20. The summed E-state index contributed by atoms with van der Waals surface area (Å²) in [4.78, 5) is 13.8. The number of amides is 1. The predicted octanol–water partition coefficient (Wildman–Crippen LogP) is 2.41. The molecule has 0 spiro atoms. The highest BCUT2D eigenvalue weighted by atomic mass is 16.2. The molecule has 1 amide bonds. The molecule has 0 bridgehead atoms. The van der Waals surface area contributed by atoms with Gasteiger partial charge in [-0.1, -0.05) is 45.4 Å². The monoisotopic (exact) mass is 240 g/mol. The first-order valence-electron chi connectivity index (χ1n) is 7.20. The number of nitrogens with zero attached hydrogens (tertiary/aromatic N) is 1. The molecular formula is C14H28N2O. The Balaban J connectivity index is 1.82. The topological polar surface area (TPSA) is 32.3 Å². The highest BCUT2D eigenvalue weighted by Gasteiger charge is 2.29. The number of likely N-dealkylation sites (tertiary alicyclic amines) is 1. The van der Waals surface area contributed by atoms with Crippen LogP contribution in [0.2, 0.25) is 0 Å². The second-order valence-corrected chi connectivity index (χ2v) is 5.33. The Hall–Kier alpha value is -0.570. The molecule has 1 N–H and O–H groups in total. The van der Waals surface area contributed by atoms with Crippen molar-refractivity contribution in [1.29, 1.82) is 0 Å². The minimum Gasteiger partial charge on any atom is -0.356 e. The summed E-state index contributed by atoms with van der Waals surface area (Å²) in [6, 6.07) is 0. The fourth-order valence-corrected chi connectivity index (χ4v) is 2.30. The minimum absolute atomic E-state index is 0.254. The van der Waals surface area contributed by atoms with Gasteiger partial charge in [0.2, 0.25) is 5.91 Å². The number of hydrogen-bond donors (Lipinski definition) is 1. The molecule has 0 aromatic carbocycles. The van der Waals surface area contributed by atoms with Crippen LogP contribution in [0.1, 0.15) is 51.9 Å². The molecule has 1 rings (SSSR count). The van der Waals surface area contributed by atoms with Crippen molar-refractivity contribution in [1.82, 2.24) is 10.2 Å². The lowest BCUT2D eigenvalue weighted by Crippen LogP contribution is -2.51. The second-order valence-electron chi connectivity index (χ2n) is 5.33. The highest BCUT2D eigenvalue weighted by molar-refractivity contribution is 5.79. The molecule has 3 heteroatoms. The van der Waals surface area contributed by atoms with Gasteiger partial charge in [-0.15, -0.1) is 0 Å². The molecule has 0 unspecified atom stereocenters. The summed E-state index contributed by atoms with van der Waals surface area (Å²) in [6.07, 6.45) is 9.13. The summed E-state index contributed by atoms with van der Waals surface area (Å²) in [6.45, 7) is 4.98. The zero-order valence-electron chi connectivity index (χ0n) is 11.5. The molecule has 3 nitrogen and oxygen atoms in total. The maximum Gasteiger partial charge on any atom is 0.225 e. The van der Waals surface area contributed by atoms with E-state index in [0.29, 0.717) is 0 Å². The van der Waals surface area contributed by atoms with E-state index in [9.17, 15) is 4.79 Å². The van der Waals surface area contributed by atoms with Crippen molar-refractivity contribution in [3.63, 3.8) is 0 Å². The smallest absolute Gasteiger partial charge is 0.225 e. The summed E-state index contributed by atoms with van der Waals surface area (Å²) in [7, 11) is 2.06. The van der Waals surface area contributed by atoms with Crippen molar-refractivity contribution < 1.29 is 4.79 Å². The fourth-order valence-electron chi connectivity index (χ4n) is 2.30. The third-order valence-corrected chi connectivity index (χ3v) is 3.51. The van der Waals surface area contributed by atoms with Crippen molar-refractivity contribution in [2.75, 3.05) is 26.7 Å². The van der Waals surface area contributed by atoms with E-state index in [1.807, 2.05) is 0 Å². The molecule has 17 heavy (non-hydrogen) atoms. The van der Waals surface area contributed by atoms with Gasteiger partial charge >= 0.3 is 0 Å². The van der Waals surface area contributed by atoms with Gasteiger partial charge in [0.05, 0.1) is 5.92 Å². The molecule has 0 atom stereocenters. The number of nitrogens with one attached hydrogen (secondary N) is 1. The van der Waals surface area contributed by atoms with Crippen LogP contribution in [0.15, 0.2) is 0 Å². The molecule has 1 saturated heterocycles. The lowest BCUT2D eigenvalue weighted by atomic mass is 10.0. The van der Waals surface area contributed by atoms with Crippen molar-refractivity contribution in [3.8, 4) is 0 Å². The van der Waals surface area contributed by atoms with Crippen LogP contribution in [0, 0.1) is 5.92 Å². The van der Waals surface area contributed by atoms with E-state index in [2.05, 4.69) is 24.2 Å². The Bertz CT molecular complexity index is 212. The number of hydrogen-bond acceptors (Lipinski definition) is 2. The van der Waals surface area contributed by atoms with E-state index in [1.54, 1.807) is 0 Å². The zero-order valence-corrected chi connectivity index (χ0v) is 11.5. The molecule has 1 aliphatic heterocycles. The Morgan fingerprint density at radius 2 is 1.71 bits per heavy atom. The number of carbonyl (C=O) groups is 1. The van der Waals surface area contributed by atoms with Gasteiger partial charge in [-0.2, -0.15) is 0 Å². The van der Waals surface area contributed by atoms with Gasteiger partial charge in [-0.05, 0) is 13.5 Å². The first-order chi connectivity index (χ1) is 8.24. The molecule has 0 aliphatic carbocycles. The first kappa shape index (κ1) is 14.5. The van der Waals surface area contributed by atoms with Gasteiger partial charge in [0.15, 0.2) is 0 Å². The van der Waals surface area contributed by atoms with Crippen LogP contribution in [-0.2, 0) is 4.79 Å². The van der Waals surface area contributed by atoms with Crippen LogP contribution in [-0.4, -0.2) is 37.5 Å². The number of unbranched alkanes of at least 4 members (excludes halogenated alkanes) is 6. The summed E-state index contributed by atoms with van der Waals surface area (Å²) >= 11 is 0. The van der Waals surface area contributed by atoms with Gasteiger partial charge in [0.1, 0.15) is 0 Å². The molecule has 1 aliphatic rings. The van der Waals surface area contributed by atoms with Crippen LogP contribution in [0.4, 0.5) is 0 Å². The maximum absolute atomic E-state index is 11.6. The largest absolute Gasteiger partial charge is 0.356 e. The van der Waals surface area contributed by atoms with Gasteiger partial charge in [0, 0.05) is 19.6 Å². The third-order valence-electron chi connectivity index (χ3n) is 3.51. The van der Waals surface area contributed by atoms with Gasteiger partial charge < -0.3 is 10.2 Å². The fraction of sp³-hybridized carbons (Fsp3) is 0.929. The van der Waals surface area contributed by atoms with Crippen molar-refractivity contribution >= 4 is 5.91 Å². The average molecular weight is 240 g/mol. The average Bonchev–Trinajstić information content (AvgIpc) is 2.28. The molecule has 0 aromatic rings. The Labute approximate surface area is 106 Å². The highest BCUT2D eigenvalue weighted by Crippen LogP contribution is 2.12. The standard InChI is InChI=1S/C14H28N2O/c1-3-4-5-6-7-8-9-10-15-14(17)13-11-16(2)12-13/h13H,3-12H2,1-2H3,(H,15,17). The summed E-state index contributed by atoms with van der Waals surface area (Å²) in [5.74, 6) is 0.513. The normalized spacial score (nSPS) is 16.8. The van der Waals surface area contributed by atoms with E-state index >= 15 is 0 Å². The Morgan fingerprint density at radius 1 is 1.12 bits per heavy atom. The molecule has 0 radical (unpaired) electrons. The molecule has 1 heterocycles. The summed E-state index contributed by atoms with van der Waals surface area (Å²) in [5.41, 5.74) is 0. The van der Waals surface area contributed by atoms with Gasteiger partial charge in [-0.3, -0.25) is 4.79 Å². The lowest BCUT2D eigenvalue weighted by Gasteiger charge is -2.34. The second kappa shape index (κ2) is 8.51. The SMILES string of the molecule is CCCCCCCCCNC(=O)C1CN(C)C1. The van der Waals surface area contributed by atoms with Crippen LogP contribution in [0.25, 0.3) is 0 Å². The van der Waals surface area contributed by atoms with Gasteiger partial charge in [-0.25, -0.2) is 0 Å². The van der Waals surface area contributed by atoms with Crippen molar-refractivity contribution in [2.45, 2.75) is 51.9 Å². The van der Waals surface area contributed by atoms with Gasteiger partial charge in [0.25, 0.3) is 0 Å². The minimum atomic E-state index is 0.254. The number of carbonyl (C=O) groups excluding carboxylic acids is 1. The quantitative estimate of drug-likeness (QED) is 0.628. The summed E-state index contributed by atoms with van der Waals surface area (Å²) < 4.78 is 0. The van der Waals surface area contributed by atoms with E-state index < -0.39 is 0 Å². The molecular weight excluding hydrogens is 212 g/mol. The van der Waals surface area contributed by atoms with Crippen LogP contribution >= 0.6 is 0 Å². The van der Waals surface area contributed by atoms with Crippen LogP contribution in [0.3, 0.4) is 0 Å². The van der Waals surface area contributed by atoms with Crippen LogP contribution in [0.5, 0.6) is 0 Å². The Morgan fingerprint density at radius 3 is 2.29 bits per heavy atom. The van der Waals surface area contributed by atoms with Crippen molar-refractivity contribution in [2.24, 2.45) is 5.92 Å². The molecule has 1 fully saturated rings. The third kappa shape index (κ3) is 6.06.